The van der Waals surface area contributed by atoms with Crippen LogP contribution in [-0.4, -0.2) is 13.3 Å². The lowest BCUT2D eigenvalue weighted by molar-refractivity contribution is 0.347. The van der Waals surface area contributed by atoms with Crippen LogP contribution in [0.2, 0.25) is 0 Å². The Morgan fingerprint density at radius 2 is 1.82 bits per heavy atom. The van der Waals surface area contributed by atoms with E-state index in [4.69, 9.17) is 4.74 Å². The van der Waals surface area contributed by atoms with Crippen LogP contribution in [0.15, 0.2) is 78.3 Å². The second-order valence-electron chi connectivity index (χ2n) is 2.98. The number of aliphatic imine (C=N–C) groups is 1. The molecule has 0 amide bonds. The molecule has 0 rings (SSSR count). The smallest absolute Gasteiger partial charge is 0.145 e. The average molecular weight is 229 g/mol. The van der Waals surface area contributed by atoms with Crippen LogP contribution in [0.4, 0.5) is 0 Å². The van der Waals surface area contributed by atoms with Gasteiger partial charge in [-0.15, -0.1) is 0 Å². The molecule has 0 atom stereocenters. The van der Waals surface area contributed by atoms with Crippen molar-refractivity contribution in [3.05, 3.63) is 73.3 Å². The molecule has 17 heavy (non-hydrogen) atoms. The molecule has 0 spiro atoms. The van der Waals surface area contributed by atoms with Gasteiger partial charge in [0.05, 0.1) is 6.21 Å². The van der Waals surface area contributed by atoms with Gasteiger partial charge in [0, 0.05) is 7.05 Å². The highest BCUT2D eigenvalue weighted by atomic mass is 16.5. The second-order valence-corrected chi connectivity index (χ2v) is 2.98. The number of hydrogen-bond acceptors (Lipinski definition) is 2. The summed E-state index contributed by atoms with van der Waals surface area (Å²) >= 11 is 0. The maximum Gasteiger partial charge on any atom is 0.145 e. The maximum absolute atomic E-state index is 5.65. The van der Waals surface area contributed by atoms with Crippen LogP contribution in [0.25, 0.3) is 0 Å². The highest BCUT2D eigenvalue weighted by Gasteiger charge is 1.96. The number of hydrogen-bond donors (Lipinski definition) is 0. The summed E-state index contributed by atoms with van der Waals surface area (Å²) in [6.45, 7) is 9.19. The van der Waals surface area contributed by atoms with Gasteiger partial charge in [0.2, 0.25) is 0 Å². The van der Waals surface area contributed by atoms with Crippen molar-refractivity contribution in [1.82, 2.24) is 0 Å². The number of ether oxygens (including phenoxy) is 1. The molecule has 0 saturated carbocycles. The fourth-order valence-corrected chi connectivity index (χ4v) is 0.960. The Balaban J connectivity index is 4.92. The third-order valence-electron chi connectivity index (χ3n) is 1.62. The monoisotopic (exact) mass is 229 g/mol. The van der Waals surface area contributed by atoms with E-state index in [0.29, 0.717) is 11.5 Å². The van der Waals surface area contributed by atoms with Crippen molar-refractivity contribution in [2.45, 2.75) is 6.92 Å². The van der Waals surface area contributed by atoms with E-state index < -0.39 is 0 Å². The van der Waals surface area contributed by atoms with E-state index in [9.17, 15) is 0 Å². The molecule has 0 radical (unpaired) electrons. The Labute approximate surface area is 104 Å². The zero-order valence-corrected chi connectivity index (χ0v) is 10.5. The van der Waals surface area contributed by atoms with Crippen molar-refractivity contribution in [1.29, 1.82) is 0 Å². The van der Waals surface area contributed by atoms with Crippen LogP contribution < -0.4 is 0 Å². The van der Waals surface area contributed by atoms with E-state index in [-0.39, 0.29) is 0 Å². The molecule has 0 aromatic rings. The molecule has 0 fully saturated rings. The van der Waals surface area contributed by atoms with Crippen molar-refractivity contribution in [3.63, 3.8) is 0 Å². The molecule has 90 valence electrons. The van der Waals surface area contributed by atoms with Crippen molar-refractivity contribution in [2.75, 3.05) is 7.05 Å². The highest BCUT2D eigenvalue weighted by Crippen LogP contribution is 2.07. The highest BCUT2D eigenvalue weighted by molar-refractivity contribution is 5.76. The largest absolute Gasteiger partial charge is 0.456 e. The first kappa shape index (κ1) is 14.9. The summed E-state index contributed by atoms with van der Waals surface area (Å²) in [7, 11) is 1.70. The molecule has 0 bridgehead atoms. The van der Waals surface area contributed by atoms with E-state index in [1.54, 1.807) is 37.6 Å². The molecule has 0 aliphatic rings. The summed E-state index contributed by atoms with van der Waals surface area (Å²) in [6, 6.07) is 0. The molecule has 0 heterocycles. The van der Waals surface area contributed by atoms with E-state index in [1.165, 1.54) is 0 Å². The molecule has 0 aliphatic carbocycles. The standard InChI is InChI=1S/C15H19NO/c1-5-8-11-14(10-7-3)17-15(13-16-4)12-9-6-2/h5-13H,1,3H2,2,4H3/b9-6-,11-8-,14-10+,15-12+,16-13?. The zero-order valence-electron chi connectivity index (χ0n) is 10.5. The lowest BCUT2D eigenvalue weighted by Crippen LogP contribution is -1.92. The van der Waals surface area contributed by atoms with Gasteiger partial charge in [-0.05, 0) is 25.2 Å². The van der Waals surface area contributed by atoms with Gasteiger partial charge in [-0.3, -0.25) is 4.99 Å². The van der Waals surface area contributed by atoms with Crippen molar-refractivity contribution in [2.24, 2.45) is 4.99 Å². The summed E-state index contributed by atoms with van der Waals surface area (Å²) in [6.07, 6.45) is 16.0. The van der Waals surface area contributed by atoms with E-state index in [2.05, 4.69) is 18.2 Å². The van der Waals surface area contributed by atoms with Gasteiger partial charge in [0.15, 0.2) is 0 Å². The van der Waals surface area contributed by atoms with Crippen molar-refractivity contribution >= 4 is 6.21 Å². The lowest BCUT2D eigenvalue weighted by Gasteiger charge is -2.05. The summed E-state index contributed by atoms with van der Waals surface area (Å²) in [4.78, 5) is 3.93. The first-order valence-corrected chi connectivity index (χ1v) is 5.33. The van der Waals surface area contributed by atoms with Gasteiger partial charge in [-0.25, -0.2) is 0 Å². The molecular formula is C15H19NO. The minimum Gasteiger partial charge on any atom is -0.456 e. The van der Waals surface area contributed by atoms with E-state index >= 15 is 0 Å². The third kappa shape index (κ3) is 7.79. The predicted octanol–water partition coefficient (Wildman–Crippen LogP) is 3.98. The van der Waals surface area contributed by atoms with E-state index in [0.717, 1.165) is 0 Å². The maximum atomic E-state index is 5.65. The first-order chi connectivity index (χ1) is 8.28. The molecule has 2 heteroatoms. The quantitative estimate of drug-likeness (QED) is 0.367. The van der Waals surface area contributed by atoms with Crippen molar-refractivity contribution < 1.29 is 4.74 Å². The molecule has 0 saturated heterocycles. The summed E-state index contributed by atoms with van der Waals surface area (Å²) in [5, 5.41) is 0. The molecule has 0 N–H and O–H groups in total. The van der Waals surface area contributed by atoms with Crippen molar-refractivity contribution in [3.8, 4) is 0 Å². The van der Waals surface area contributed by atoms with Gasteiger partial charge in [0.25, 0.3) is 0 Å². The van der Waals surface area contributed by atoms with Crippen LogP contribution in [0, 0.1) is 0 Å². The average Bonchev–Trinajstić information content (AvgIpc) is 2.33. The lowest BCUT2D eigenvalue weighted by atomic mass is 10.3. The summed E-state index contributed by atoms with van der Waals surface area (Å²) in [5.41, 5.74) is 0. The zero-order chi connectivity index (χ0) is 12.9. The van der Waals surface area contributed by atoms with Crippen LogP contribution in [0.3, 0.4) is 0 Å². The molecular weight excluding hydrogens is 210 g/mol. The van der Waals surface area contributed by atoms with Crippen LogP contribution >= 0.6 is 0 Å². The van der Waals surface area contributed by atoms with Gasteiger partial charge < -0.3 is 4.74 Å². The topological polar surface area (TPSA) is 21.6 Å². The van der Waals surface area contributed by atoms with Gasteiger partial charge in [0.1, 0.15) is 11.5 Å². The van der Waals surface area contributed by atoms with Gasteiger partial charge >= 0.3 is 0 Å². The summed E-state index contributed by atoms with van der Waals surface area (Å²) < 4.78 is 5.65. The van der Waals surface area contributed by atoms with Gasteiger partial charge in [-0.1, -0.05) is 43.5 Å². The Bertz CT molecular complexity index is 382. The Morgan fingerprint density at radius 1 is 1.06 bits per heavy atom. The fourth-order valence-electron chi connectivity index (χ4n) is 0.960. The molecule has 0 unspecified atom stereocenters. The number of allylic oxidation sites excluding steroid dienone is 9. The van der Waals surface area contributed by atoms with Gasteiger partial charge in [-0.2, -0.15) is 0 Å². The Kier molecular flexibility index (Phi) is 9.15. The number of rotatable bonds is 7. The molecule has 0 aromatic carbocycles. The minimum atomic E-state index is 0.660. The van der Waals surface area contributed by atoms with Crippen LogP contribution in [0.1, 0.15) is 6.92 Å². The normalized spacial score (nSPS) is 13.8. The van der Waals surface area contributed by atoms with Crippen LogP contribution in [-0.2, 0) is 4.74 Å². The van der Waals surface area contributed by atoms with E-state index in [1.807, 2.05) is 31.2 Å². The minimum absolute atomic E-state index is 0.660. The SMILES string of the molecule is C=C/C=C\C(=C/C=C)O/C(C=NC)=C/C=C\C. The summed E-state index contributed by atoms with van der Waals surface area (Å²) in [5.74, 6) is 1.34. The van der Waals surface area contributed by atoms with Crippen LogP contribution in [0.5, 0.6) is 0 Å². The second kappa shape index (κ2) is 10.4. The molecule has 0 aliphatic heterocycles. The Morgan fingerprint density at radius 3 is 2.35 bits per heavy atom. The molecule has 2 nitrogen and oxygen atoms in total. The first-order valence-electron chi connectivity index (χ1n) is 5.33. The predicted molar refractivity (Wildman–Crippen MR) is 76.0 cm³/mol. The molecule has 0 aromatic heterocycles. The third-order valence-corrected chi connectivity index (χ3v) is 1.62. The number of nitrogens with zero attached hydrogens (tertiary/aromatic N) is 1. The Hall–Kier alpha value is -2.09. The fraction of sp³-hybridized carbons (Fsp3) is 0.133.